The number of aromatic nitrogens is 3. The number of nitrogens with two attached hydrogens (primary N) is 1. The van der Waals surface area contributed by atoms with E-state index in [4.69, 9.17) is 10.5 Å². The van der Waals surface area contributed by atoms with Crippen LogP contribution in [0.3, 0.4) is 0 Å². The van der Waals surface area contributed by atoms with E-state index in [1.807, 2.05) is 19.3 Å². The van der Waals surface area contributed by atoms with Crippen LogP contribution in [0.1, 0.15) is 18.4 Å². The predicted molar refractivity (Wildman–Crippen MR) is 90.7 cm³/mol. The number of nitrogens with zero attached hydrogens (tertiary/aromatic N) is 4. The molecule has 3 heterocycles. The van der Waals surface area contributed by atoms with Gasteiger partial charge in [0.25, 0.3) is 0 Å². The normalized spacial score (nSPS) is 15.3. The van der Waals surface area contributed by atoms with E-state index in [2.05, 4.69) is 19.9 Å². The minimum atomic E-state index is -0.204. The molecule has 0 saturated carbocycles. The third-order valence-corrected chi connectivity index (χ3v) is 4.44. The number of pyridine rings is 1. The first-order chi connectivity index (χ1) is 11.6. The molecule has 7 heteroatoms. The molecule has 0 bridgehead atoms. The minimum Gasteiger partial charge on any atom is -0.467 e. The van der Waals surface area contributed by atoms with Crippen LogP contribution in [-0.2, 0) is 4.79 Å². The Hall–Kier alpha value is -2.70. The summed E-state index contributed by atoms with van der Waals surface area (Å²) in [5.41, 5.74) is 9.50. The van der Waals surface area contributed by atoms with Crippen molar-refractivity contribution in [2.24, 2.45) is 11.7 Å². The van der Waals surface area contributed by atoms with Gasteiger partial charge < -0.3 is 15.4 Å². The van der Waals surface area contributed by atoms with Crippen molar-refractivity contribution in [1.29, 1.82) is 0 Å². The highest BCUT2D eigenvalue weighted by molar-refractivity contribution is 5.80. The van der Waals surface area contributed by atoms with E-state index < -0.39 is 0 Å². The van der Waals surface area contributed by atoms with Gasteiger partial charge >= 0.3 is 6.01 Å². The molecule has 1 amide bonds. The summed E-state index contributed by atoms with van der Waals surface area (Å²) < 4.78 is 5.02. The topological polar surface area (TPSA) is 94.2 Å². The lowest BCUT2D eigenvalue weighted by Crippen LogP contribution is -2.39. The largest absolute Gasteiger partial charge is 0.467 e. The lowest BCUT2D eigenvalue weighted by molar-refractivity contribution is -0.122. The van der Waals surface area contributed by atoms with Crippen molar-refractivity contribution in [3.05, 3.63) is 30.4 Å². The monoisotopic (exact) mass is 327 g/mol. The number of aryl methyl sites for hydroxylation is 1. The van der Waals surface area contributed by atoms with Gasteiger partial charge in [0.05, 0.1) is 12.8 Å². The molecule has 3 rings (SSSR count). The standard InChI is InChI=1S/C17H21N5O2/c1-11-7-19-10-14(13-8-20-17(24-2)21-9-13)15(11)22-5-3-12(4-6-22)16(18)23/h7-10,12H,3-6H2,1-2H3,(H2,18,23). The van der Waals surface area contributed by atoms with E-state index in [0.717, 1.165) is 48.3 Å². The molecular weight excluding hydrogens is 306 g/mol. The van der Waals surface area contributed by atoms with Crippen LogP contribution in [0.15, 0.2) is 24.8 Å². The highest BCUT2D eigenvalue weighted by Gasteiger charge is 2.25. The summed E-state index contributed by atoms with van der Waals surface area (Å²) in [6.45, 7) is 3.63. The van der Waals surface area contributed by atoms with Crippen LogP contribution in [0.25, 0.3) is 11.1 Å². The molecule has 126 valence electrons. The summed E-state index contributed by atoms with van der Waals surface area (Å²) >= 11 is 0. The molecule has 24 heavy (non-hydrogen) atoms. The van der Waals surface area contributed by atoms with Crippen molar-refractivity contribution in [2.75, 3.05) is 25.1 Å². The second-order valence-electron chi connectivity index (χ2n) is 5.97. The van der Waals surface area contributed by atoms with Crippen LogP contribution in [-0.4, -0.2) is 41.1 Å². The van der Waals surface area contributed by atoms with E-state index in [0.29, 0.717) is 6.01 Å². The van der Waals surface area contributed by atoms with E-state index in [9.17, 15) is 4.79 Å². The van der Waals surface area contributed by atoms with E-state index >= 15 is 0 Å². The van der Waals surface area contributed by atoms with Gasteiger partial charge in [-0.25, -0.2) is 9.97 Å². The molecule has 0 aliphatic carbocycles. The minimum absolute atomic E-state index is 0.0313. The maximum Gasteiger partial charge on any atom is 0.316 e. The molecule has 0 aromatic carbocycles. The summed E-state index contributed by atoms with van der Waals surface area (Å²) in [4.78, 5) is 26.3. The summed E-state index contributed by atoms with van der Waals surface area (Å²) in [6, 6.07) is 0.336. The highest BCUT2D eigenvalue weighted by Crippen LogP contribution is 2.35. The second-order valence-corrected chi connectivity index (χ2v) is 5.97. The quantitative estimate of drug-likeness (QED) is 0.916. The highest BCUT2D eigenvalue weighted by atomic mass is 16.5. The van der Waals surface area contributed by atoms with Gasteiger partial charge in [0.1, 0.15) is 0 Å². The Morgan fingerprint density at radius 3 is 2.46 bits per heavy atom. The molecule has 2 aromatic rings. The molecule has 0 unspecified atom stereocenters. The number of hydrogen-bond acceptors (Lipinski definition) is 6. The van der Waals surface area contributed by atoms with Crippen molar-refractivity contribution in [1.82, 2.24) is 15.0 Å². The van der Waals surface area contributed by atoms with Gasteiger partial charge in [0.2, 0.25) is 5.91 Å². The molecule has 1 fully saturated rings. The van der Waals surface area contributed by atoms with E-state index in [1.54, 1.807) is 12.4 Å². The maximum atomic E-state index is 11.4. The lowest BCUT2D eigenvalue weighted by atomic mass is 9.94. The fourth-order valence-electron chi connectivity index (χ4n) is 3.14. The zero-order valence-electron chi connectivity index (χ0n) is 13.9. The van der Waals surface area contributed by atoms with Gasteiger partial charge in [-0.05, 0) is 25.3 Å². The van der Waals surface area contributed by atoms with Crippen LogP contribution in [0.2, 0.25) is 0 Å². The first-order valence-corrected chi connectivity index (χ1v) is 7.95. The van der Waals surface area contributed by atoms with Crippen LogP contribution in [0.4, 0.5) is 5.69 Å². The van der Waals surface area contributed by atoms with Crippen LogP contribution in [0, 0.1) is 12.8 Å². The third kappa shape index (κ3) is 3.15. The fourth-order valence-corrected chi connectivity index (χ4v) is 3.14. The second kappa shape index (κ2) is 6.82. The van der Waals surface area contributed by atoms with Crippen molar-refractivity contribution in [3.8, 4) is 17.1 Å². The van der Waals surface area contributed by atoms with Gasteiger partial charge in [-0.15, -0.1) is 0 Å². The Balaban J connectivity index is 1.92. The number of carbonyl (C=O) groups excluding carboxylic acids is 1. The number of methoxy groups -OCH3 is 1. The van der Waals surface area contributed by atoms with Crippen molar-refractivity contribution in [3.63, 3.8) is 0 Å². The summed E-state index contributed by atoms with van der Waals surface area (Å²) in [7, 11) is 1.54. The van der Waals surface area contributed by atoms with Crippen molar-refractivity contribution < 1.29 is 9.53 Å². The number of ether oxygens (including phenoxy) is 1. The Labute approximate surface area is 140 Å². The molecule has 0 atom stereocenters. The van der Waals surface area contributed by atoms with Crippen molar-refractivity contribution >= 4 is 11.6 Å². The van der Waals surface area contributed by atoms with E-state index in [-0.39, 0.29) is 11.8 Å². The van der Waals surface area contributed by atoms with Gasteiger partial charge in [-0.1, -0.05) is 0 Å². The Bertz CT molecular complexity index is 724. The van der Waals surface area contributed by atoms with E-state index in [1.165, 1.54) is 7.11 Å². The zero-order chi connectivity index (χ0) is 17.1. The maximum absolute atomic E-state index is 11.4. The third-order valence-electron chi connectivity index (χ3n) is 4.44. The van der Waals surface area contributed by atoms with Gasteiger partial charge in [0.15, 0.2) is 0 Å². The van der Waals surface area contributed by atoms with Gasteiger partial charge in [0, 0.05) is 54.9 Å². The van der Waals surface area contributed by atoms with Gasteiger partial charge in [-0.3, -0.25) is 9.78 Å². The lowest BCUT2D eigenvalue weighted by Gasteiger charge is -2.34. The van der Waals surface area contributed by atoms with Gasteiger partial charge in [-0.2, -0.15) is 0 Å². The van der Waals surface area contributed by atoms with Crippen molar-refractivity contribution in [2.45, 2.75) is 19.8 Å². The first kappa shape index (κ1) is 16.2. The summed E-state index contributed by atoms with van der Waals surface area (Å²) in [6.07, 6.45) is 8.70. The molecule has 2 aromatic heterocycles. The number of amides is 1. The van der Waals surface area contributed by atoms with Crippen LogP contribution >= 0.6 is 0 Å². The summed E-state index contributed by atoms with van der Waals surface area (Å²) in [5.74, 6) is -0.235. The molecule has 0 spiro atoms. The number of primary amides is 1. The Morgan fingerprint density at radius 2 is 1.88 bits per heavy atom. The first-order valence-electron chi connectivity index (χ1n) is 7.95. The SMILES string of the molecule is COc1ncc(-c2cncc(C)c2N2CCC(C(N)=O)CC2)cn1. The predicted octanol–water partition coefficient (Wildman–Crippen LogP) is 1.56. The molecule has 1 saturated heterocycles. The molecule has 1 aliphatic heterocycles. The average Bonchev–Trinajstić information content (AvgIpc) is 2.61. The zero-order valence-corrected chi connectivity index (χ0v) is 13.9. The van der Waals surface area contributed by atoms with Crippen LogP contribution in [0.5, 0.6) is 6.01 Å². The Kier molecular flexibility index (Phi) is 4.59. The number of piperidine rings is 1. The number of carbonyl (C=O) groups is 1. The summed E-state index contributed by atoms with van der Waals surface area (Å²) in [5, 5.41) is 0. The molecule has 2 N–H and O–H groups in total. The molecule has 1 aliphatic rings. The number of rotatable bonds is 4. The fraction of sp³-hybridized carbons (Fsp3) is 0.412. The number of anilines is 1. The van der Waals surface area contributed by atoms with Crippen LogP contribution < -0.4 is 15.4 Å². The smallest absolute Gasteiger partial charge is 0.316 e. The number of hydrogen-bond donors (Lipinski definition) is 1. The average molecular weight is 327 g/mol. The Morgan fingerprint density at radius 1 is 1.21 bits per heavy atom. The molecular formula is C17H21N5O2. The molecule has 0 radical (unpaired) electrons. The molecule has 7 nitrogen and oxygen atoms in total.